The van der Waals surface area contributed by atoms with Gasteiger partial charge < -0.3 is 0 Å². The van der Waals surface area contributed by atoms with Crippen molar-refractivity contribution in [2.75, 3.05) is 0 Å². The highest BCUT2D eigenvalue weighted by Gasteiger charge is 2.37. The fourth-order valence-corrected chi connectivity index (χ4v) is 9.36. The van der Waals surface area contributed by atoms with E-state index >= 15 is 0 Å². The average Bonchev–Trinajstić information content (AvgIpc) is 3.52. The van der Waals surface area contributed by atoms with Crippen LogP contribution in [0.3, 0.4) is 0 Å². The third-order valence-electron chi connectivity index (χ3n) is 12.4. The lowest BCUT2D eigenvalue weighted by Crippen LogP contribution is -2.15. The van der Waals surface area contributed by atoms with Gasteiger partial charge in [-0.05, 0) is 130 Å². The molecule has 0 saturated carbocycles. The van der Waals surface area contributed by atoms with Gasteiger partial charge >= 0.3 is 0 Å². The Morgan fingerprint density at radius 1 is 0.322 bits per heavy atom. The van der Waals surface area contributed by atoms with Crippen LogP contribution in [-0.4, -0.2) is 9.97 Å². The Bertz CT molecular complexity index is 3170. The molecule has 8 aromatic carbocycles. The first kappa shape index (κ1) is 34.8. The van der Waals surface area contributed by atoms with Gasteiger partial charge in [-0.1, -0.05) is 172 Å². The molecule has 0 atom stereocenters. The molecule has 0 aliphatic heterocycles. The standard InChI is InChI=1S/C57H40N2/c1-57(2)51-33-43(44-29-31-54(59-36-44)53-19-11-12-32-58-53)28-30-45(51)48-34-49-50(35-52(48)57)56(42-26-22-40(23-27-42)38-15-7-4-8-16-38)47-18-10-9-17-46(47)55(49)41-24-20-39(21-25-41)37-13-5-3-6-14-37/h3-36H,1-2H3. The molecule has 0 amide bonds. The van der Waals surface area contributed by atoms with Gasteiger partial charge in [-0.3, -0.25) is 9.97 Å². The molecule has 0 N–H and O–H groups in total. The summed E-state index contributed by atoms with van der Waals surface area (Å²) in [5, 5.41) is 5.04. The van der Waals surface area contributed by atoms with Crippen molar-refractivity contribution in [2.24, 2.45) is 0 Å². The third-order valence-corrected chi connectivity index (χ3v) is 12.4. The molecule has 0 unspecified atom stereocenters. The molecule has 11 rings (SSSR count). The van der Waals surface area contributed by atoms with Crippen molar-refractivity contribution in [1.82, 2.24) is 9.97 Å². The fraction of sp³-hybridized carbons (Fsp3) is 0.0526. The molecule has 1 aliphatic carbocycles. The van der Waals surface area contributed by atoms with Gasteiger partial charge in [0.25, 0.3) is 0 Å². The van der Waals surface area contributed by atoms with Crippen LogP contribution in [0.4, 0.5) is 0 Å². The van der Waals surface area contributed by atoms with E-state index in [4.69, 9.17) is 4.98 Å². The Kier molecular flexibility index (Phi) is 8.20. The summed E-state index contributed by atoms with van der Waals surface area (Å²) in [6.07, 6.45) is 3.79. The van der Waals surface area contributed by atoms with Crippen LogP contribution >= 0.6 is 0 Å². The second-order valence-corrected chi connectivity index (χ2v) is 16.2. The predicted octanol–water partition coefficient (Wildman–Crippen LogP) is 15.1. The maximum atomic E-state index is 4.82. The lowest BCUT2D eigenvalue weighted by atomic mass is 9.79. The number of hydrogen-bond acceptors (Lipinski definition) is 2. The molecule has 10 aromatic rings. The molecular formula is C57H40N2. The number of fused-ring (bicyclic) bond motifs is 5. The molecule has 2 nitrogen and oxygen atoms in total. The fourth-order valence-electron chi connectivity index (χ4n) is 9.36. The maximum absolute atomic E-state index is 4.82. The van der Waals surface area contributed by atoms with Gasteiger partial charge in [-0.2, -0.15) is 0 Å². The summed E-state index contributed by atoms with van der Waals surface area (Å²) in [5.41, 5.74) is 18.9. The van der Waals surface area contributed by atoms with Gasteiger partial charge in [-0.15, -0.1) is 0 Å². The Morgan fingerprint density at radius 2 is 0.797 bits per heavy atom. The zero-order valence-corrected chi connectivity index (χ0v) is 33.0. The van der Waals surface area contributed by atoms with Crippen LogP contribution in [0.25, 0.3) is 99.7 Å². The van der Waals surface area contributed by atoms with Gasteiger partial charge in [0.1, 0.15) is 0 Å². The predicted molar refractivity (Wildman–Crippen MR) is 247 cm³/mol. The minimum atomic E-state index is -0.228. The minimum Gasteiger partial charge on any atom is -0.255 e. The smallest absolute Gasteiger partial charge is 0.0886 e. The molecule has 1 aliphatic rings. The van der Waals surface area contributed by atoms with Crippen molar-refractivity contribution in [1.29, 1.82) is 0 Å². The number of pyridine rings is 2. The van der Waals surface area contributed by atoms with E-state index in [2.05, 4.69) is 195 Å². The van der Waals surface area contributed by atoms with E-state index in [0.717, 1.165) is 17.0 Å². The molecule has 59 heavy (non-hydrogen) atoms. The molecule has 0 fully saturated rings. The summed E-state index contributed by atoms with van der Waals surface area (Å²) in [6.45, 7) is 4.77. The number of nitrogens with zero attached hydrogens (tertiary/aromatic N) is 2. The van der Waals surface area contributed by atoms with Crippen LogP contribution in [-0.2, 0) is 5.41 Å². The highest BCUT2D eigenvalue weighted by atomic mass is 14.8. The lowest BCUT2D eigenvalue weighted by Gasteiger charge is -2.24. The van der Waals surface area contributed by atoms with Gasteiger partial charge in [-0.25, -0.2) is 0 Å². The first-order valence-electron chi connectivity index (χ1n) is 20.4. The molecule has 2 aromatic heterocycles. The van der Waals surface area contributed by atoms with Crippen LogP contribution in [0.1, 0.15) is 25.0 Å². The summed E-state index contributed by atoms with van der Waals surface area (Å²) in [5.74, 6) is 0. The Morgan fingerprint density at radius 3 is 1.36 bits per heavy atom. The SMILES string of the molecule is CC1(C)c2cc(-c3ccc(-c4ccccn4)nc3)ccc2-c2cc3c(-c4ccc(-c5ccccc5)cc4)c4ccccc4c(-c4ccc(-c5ccccc5)cc4)c3cc21. The summed E-state index contributed by atoms with van der Waals surface area (Å²) < 4.78 is 0. The topological polar surface area (TPSA) is 25.8 Å². The molecule has 278 valence electrons. The van der Waals surface area contributed by atoms with Crippen molar-refractivity contribution in [3.8, 4) is 78.1 Å². The van der Waals surface area contributed by atoms with Crippen molar-refractivity contribution in [3.05, 3.63) is 218 Å². The first-order valence-corrected chi connectivity index (χ1v) is 20.4. The normalized spacial score (nSPS) is 12.7. The van der Waals surface area contributed by atoms with Crippen molar-refractivity contribution >= 4 is 21.5 Å². The summed E-state index contributed by atoms with van der Waals surface area (Å²) >= 11 is 0. The molecule has 0 bridgehead atoms. The van der Waals surface area contributed by atoms with Crippen molar-refractivity contribution < 1.29 is 0 Å². The number of benzene rings is 8. The van der Waals surface area contributed by atoms with Crippen molar-refractivity contribution in [2.45, 2.75) is 19.3 Å². The Labute approximate surface area is 345 Å². The van der Waals surface area contributed by atoms with E-state index in [0.29, 0.717) is 0 Å². The zero-order chi connectivity index (χ0) is 39.5. The van der Waals surface area contributed by atoms with E-state index in [1.807, 2.05) is 30.6 Å². The largest absolute Gasteiger partial charge is 0.255 e. The molecule has 2 heterocycles. The second kappa shape index (κ2) is 13.9. The highest BCUT2D eigenvalue weighted by Crippen LogP contribution is 2.54. The summed E-state index contributed by atoms with van der Waals surface area (Å²) in [6, 6.07) is 70.8. The number of rotatable bonds is 6. The Hall–Kier alpha value is -7.42. The van der Waals surface area contributed by atoms with Crippen LogP contribution < -0.4 is 0 Å². The van der Waals surface area contributed by atoms with E-state index in [1.165, 1.54) is 93.9 Å². The zero-order valence-electron chi connectivity index (χ0n) is 33.0. The van der Waals surface area contributed by atoms with E-state index < -0.39 is 0 Å². The van der Waals surface area contributed by atoms with Crippen LogP contribution in [0.5, 0.6) is 0 Å². The quantitative estimate of drug-likeness (QED) is 0.158. The Balaban J connectivity index is 1.11. The number of aromatic nitrogens is 2. The molecule has 0 saturated heterocycles. The highest BCUT2D eigenvalue weighted by molar-refractivity contribution is 6.22. The third kappa shape index (κ3) is 5.87. The summed E-state index contributed by atoms with van der Waals surface area (Å²) in [7, 11) is 0. The maximum Gasteiger partial charge on any atom is 0.0886 e. The van der Waals surface area contributed by atoms with Crippen LogP contribution in [0.2, 0.25) is 0 Å². The van der Waals surface area contributed by atoms with Gasteiger partial charge in [0.2, 0.25) is 0 Å². The average molecular weight is 753 g/mol. The van der Waals surface area contributed by atoms with Gasteiger partial charge in [0, 0.05) is 23.4 Å². The monoisotopic (exact) mass is 752 g/mol. The van der Waals surface area contributed by atoms with E-state index in [1.54, 1.807) is 0 Å². The molecule has 2 heteroatoms. The van der Waals surface area contributed by atoms with E-state index in [9.17, 15) is 0 Å². The van der Waals surface area contributed by atoms with Gasteiger partial charge in [0.05, 0.1) is 11.4 Å². The van der Waals surface area contributed by atoms with Crippen LogP contribution in [0.15, 0.2) is 207 Å². The summed E-state index contributed by atoms with van der Waals surface area (Å²) in [4.78, 5) is 9.32. The number of hydrogen-bond donors (Lipinski definition) is 0. The van der Waals surface area contributed by atoms with Gasteiger partial charge in [0.15, 0.2) is 0 Å². The van der Waals surface area contributed by atoms with Crippen LogP contribution in [0, 0.1) is 0 Å². The van der Waals surface area contributed by atoms with E-state index in [-0.39, 0.29) is 5.41 Å². The molecular weight excluding hydrogens is 713 g/mol. The second-order valence-electron chi connectivity index (χ2n) is 16.2. The lowest BCUT2D eigenvalue weighted by molar-refractivity contribution is 0.661. The minimum absolute atomic E-state index is 0.228. The molecule has 0 radical (unpaired) electrons. The first-order chi connectivity index (χ1) is 29.0. The molecule has 0 spiro atoms. The van der Waals surface area contributed by atoms with Crippen molar-refractivity contribution in [3.63, 3.8) is 0 Å².